The molecule has 2 rings (SSSR count). The summed E-state index contributed by atoms with van der Waals surface area (Å²) in [5.41, 5.74) is 12.9. The van der Waals surface area contributed by atoms with Gasteiger partial charge in [0.25, 0.3) is 0 Å². The number of rotatable bonds is 3. The molecule has 2 atom stereocenters. The van der Waals surface area contributed by atoms with Crippen LogP contribution in [-0.4, -0.2) is 24.4 Å². The lowest BCUT2D eigenvalue weighted by Crippen LogP contribution is -2.49. The zero-order valence-corrected chi connectivity index (χ0v) is 11.0. The Kier molecular flexibility index (Phi) is 3.85. The second-order valence-corrected chi connectivity index (χ2v) is 5.16. The van der Waals surface area contributed by atoms with Gasteiger partial charge in [-0.05, 0) is 24.0 Å². The SMILES string of the molecule is CC1Cc2ccccc2N(C(=O)C(N)CC(N)=O)C1. The molecule has 2 amide bonds. The van der Waals surface area contributed by atoms with E-state index < -0.39 is 11.9 Å². The van der Waals surface area contributed by atoms with Gasteiger partial charge in [0, 0.05) is 12.2 Å². The van der Waals surface area contributed by atoms with Crippen molar-refractivity contribution in [1.29, 1.82) is 0 Å². The maximum Gasteiger partial charge on any atom is 0.244 e. The smallest absolute Gasteiger partial charge is 0.244 e. The fraction of sp³-hybridized carbons (Fsp3) is 0.429. The standard InChI is InChI=1S/C14H19N3O2/c1-9-6-10-4-2-3-5-12(10)17(8-9)14(19)11(15)7-13(16)18/h2-5,9,11H,6-8,15H2,1H3,(H2,16,18). The molecule has 1 heterocycles. The first kappa shape index (κ1) is 13.5. The Balaban J connectivity index is 2.25. The van der Waals surface area contributed by atoms with Crippen LogP contribution in [0.2, 0.25) is 0 Å². The average molecular weight is 261 g/mol. The highest BCUT2D eigenvalue weighted by Crippen LogP contribution is 2.29. The fourth-order valence-corrected chi connectivity index (χ4v) is 2.51. The number of amides is 2. The van der Waals surface area contributed by atoms with E-state index in [4.69, 9.17) is 11.5 Å². The van der Waals surface area contributed by atoms with E-state index in [1.54, 1.807) is 4.90 Å². The van der Waals surface area contributed by atoms with E-state index in [2.05, 4.69) is 6.92 Å². The number of primary amides is 1. The fourth-order valence-electron chi connectivity index (χ4n) is 2.51. The first-order chi connectivity index (χ1) is 8.99. The van der Waals surface area contributed by atoms with Gasteiger partial charge in [0.15, 0.2) is 0 Å². The minimum atomic E-state index is -0.865. The molecule has 0 saturated carbocycles. The first-order valence-electron chi connectivity index (χ1n) is 6.42. The van der Waals surface area contributed by atoms with E-state index in [0.717, 1.165) is 17.7 Å². The predicted molar refractivity (Wildman–Crippen MR) is 73.4 cm³/mol. The van der Waals surface area contributed by atoms with Gasteiger partial charge in [-0.15, -0.1) is 0 Å². The van der Waals surface area contributed by atoms with Crippen molar-refractivity contribution < 1.29 is 9.59 Å². The van der Waals surface area contributed by atoms with Gasteiger partial charge in [0.1, 0.15) is 0 Å². The number of nitrogens with zero attached hydrogens (tertiary/aromatic N) is 1. The van der Waals surface area contributed by atoms with E-state index in [0.29, 0.717) is 12.5 Å². The second kappa shape index (κ2) is 5.40. The zero-order chi connectivity index (χ0) is 14.0. The van der Waals surface area contributed by atoms with Crippen LogP contribution in [0.3, 0.4) is 0 Å². The number of nitrogens with two attached hydrogens (primary N) is 2. The molecule has 0 fully saturated rings. The Labute approximate surface area is 112 Å². The molecule has 0 bridgehead atoms. The second-order valence-electron chi connectivity index (χ2n) is 5.16. The summed E-state index contributed by atoms with van der Waals surface area (Å²) >= 11 is 0. The lowest BCUT2D eigenvalue weighted by atomic mass is 9.93. The molecule has 0 aromatic heterocycles. The largest absolute Gasteiger partial charge is 0.370 e. The quantitative estimate of drug-likeness (QED) is 0.826. The molecule has 1 aromatic rings. The maximum absolute atomic E-state index is 12.3. The molecule has 0 spiro atoms. The molecule has 1 aliphatic rings. The number of benzene rings is 1. The number of hydrogen-bond donors (Lipinski definition) is 2. The molecule has 0 aliphatic carbocycles. The molecular formula is C14H19N3O2. The van der Waals surface area contributed by atoms with Gasteiger partial charge in [0.05, 0.1) is 12.5 Å². The maximum atomic E-state index is 12.3. The minimum absolute atomic E-state index is 0.119. The highest BCUT2D eigenvalue weighted by molar-refractivity contribution is 6.00. The summed E-state index contributed by atoms with van der Waals surface area (Å²) in [5, 5.41) is 0. The number of anilines is 1. The Hall–Kier alpha value is -1.88. The summed E-state index contributed by atoms with van der Waals surface area (Å²) in [5.74, 6) is -0.420. The topological polar surface area (TPSA) is 89.4 Å². The van der Waals surface area contributed by atoms with Gasteiger partial charge in [-0.1, -0.05) is 25.1 Å². The van der Waals surface area contributed by atoms with Crippen molar-refractivity contribution in [3.63, 3.8) is 0 Å². The molecule has 1 aliphatic heterocycles. The van der Waals surface area contributed by atoms with Gasteiger partial charge in [-0.25, -0.2) is 0 Å². The van der Waals surface area contributed by atoms with Crippen LogP contribution < -0.4 is 16.4 Å². The molecule has 5 heteroatoms. The van der Waals surface area contributed by atoms with Crippen LogP contribution in [0.15, 0.2) is 24.3 Å². The van der Waals surface area contributed by atoms with E-state index in [1.807, 2.05) is 24.3 Å². The molecular weight excluding hydrogens is 242 g/mol. The van der Waals surface area contributed by atoms with Crippen LogP contribution in [0.5, 0.6) is 0 Å². The van der Waals surface area contributed by atoms with Crippen molar-refractivity contribution in [2.75, 3.05) is 11.4 Å². The van der Waals surface area contributed by atoms with Crippen LogP contribution in [0.4, 0.5) is 5.69 Å². The normalized spacial score (nSPS) is 19.7. The summed E-state index contributed by atoms with van der Waals surface area (Å²) in [6, 6.07) is 6.93. The van der Waals surface area contributed by atoms with Crippen molar-refractivity contribution in [3.8, 4) is 0 Å². The summed E-state index contributed by atoms with van der Waals surface area (Å²) in [4.78, 5) is 24.9. The number of fused-ring (bicyclic) bond motifs is 1. The number of para-hydroxylation sites is 1. The Morgan fingerprint density at radius 3 is 2.79 bits per heavy atom. The van der Waals surface area contributed by atoms with Gasteiger partial charge < -0.3 is 16.4 Å². The van der Waals surface area contributed by atoms with Gasteiger partial charge in [0.2, 0.25) is 11.8 Å². The molecule has 0 saturated heterocycles. The van der Waals surface area contributed by atoms with Crippen molar-refractivity contribution in [2.24, 2.45) is 17.4 Å². The molecule has 5 nitrogen and oxygen atoms in total. The van der Waals surface area contributed by atoms with Gasteiger partial charge in [-0.2, -0.15) is 0 Å². The summed E-state index contributed by atoms with van der Waals surface area (Å²) in [7, 11) is 0. The van der Waals surface area contributed by atoms with Gasteiger partial charge in [-0.3, -0.25) is 9.59 Å². The third-order valence-corrected chi connectivity index (χ3v) is 3.35. The zero-order valence-electron chi connectivity index (χ0n) is 11.0. The van der Waals surface area contributed by atoms with E-state index in [9.17, 15) is 9.59 Å². The Bertz CT molecular complexity index is 501. The molecule has 1 aromatic carbocycles. The monoisotopic (exact) mass is 261 g/mol. The lowest BCUT2D eigenvalue weighted by Gasteiger charge is -2.34. The minimum Gasteiger partial charge on any atom is -0.370 e. The Morgan fingerprint density at radius 1 is 1.42 bits per heavy atom. The van der Waals surface area contributed by atoms with Crippen LogP contribution in [0, 0.1) is 5.92 Å². The third kappa shape index (κ3) is 2.93. The predicted octanol–water partition coefficient (Wildman–Crippen LogP) is 0.415. The van der Waals surface area contributed by atoms with Crippen molar-refractivity contribution >= 4 is 17.5 Å². The average Bonchev–Trinajstić information content (AvgIpc) is 2.36. The summed E-state index contributed by atoms with van der Waals surface area (Å²) < 4.78 is 0. The Morgan fingerprint density at radius 2 is 2.11 bits per heavy atom. The van der Waals surface area contributed by atoms with Crippen LogP contribution in [0.1, 0.15) is 18.9 Å². The van der Waals surface area contributed by atoms with Gasteiger partial charge >= 0.3 is 0 Å². The van der Waals surface area contributed by atoms with Crippen molar-refractivity contribution in [2.45, 2.75) is 25.8 Å². The molecule has 4 N–H and O–H groups in total. The van der Waals surface area contributed by atoms with Crippen LogP contribution >= 0.6 is 0 Å². The first-order valence-corrected chi connectivity index (χ1v) is 6.42. The molecule has 2 unspecified atom stereocenters. The lowest BCUT2D eigenvalue weighted by molar-refractivity contribution is -0.124. The number of carbonyl (C=O) groups is 2. The molecule has 102 valence electrons. The molecule has 0 radical (unpaired) electrons. The van der Waals surface area contributed by atoms with E-state index >= 15 is 0 Å². The third-order valence-electron chi connectivity index (χ3n) is 3.35. The van der Waals surface area contributed by atoms with Crippen molar-refractivity contribution in [1.82, 2.24) is 0 Å². The number of carbonyl (C=O) groups excluding carboxylic acids is 2. The summed E-state index contributed by atoms with van der Waals surface area (Å²) in [6.07, 6.45) is 0.830. The summed E-state index contributed by atoms with van der Waals surface area (Å²) in [6.45, 7) is 2.72. The van der Waals surface area contributed by atoms with E-state index in [1.165, 1.54) is 0 Å². The highest BCUT2D eigenvalue weighted by Gasteiger charge is 2.29. The van der Waals surface area contributed by atoms with Crippen LogP contribution in [-0.2, 0) is 16.0 Å². The van der Waals surface area contributed by atoms with E-state index in [-0.39, 0.29) is 12.3 Å². The molecule has 19 heavy (non-hydrogen) atoms. The highest BCUT2D eigenvalue weighted by atomic mass is 16.2. The van der Waals surface area contributed by atoms with Crippen molar-refractivity contribution in [3.05, 3.63) is 29.8 Å². The van der Waals surface area contributed by atoms with Crippen LogP contribution in [0.25, 0.3) is 0 Å². The number of hydrogen-bond acceptors (Lipinski definition) is 3.